The van der Waals surface area contributed by atoms with E-state index in [2.05, 4.69) is 22.3 Å². The summed E-state index contributed by atoms with van der Waals surface area (Å²) in [5.74, 6) is 2.48. The summed E-state index contributed by atoms with van der Waals surface area (Å²) in [5, 5.41) is 3.13. The Morgan fingerprint density at radius 3 is 2.63 bits per heavy atom. The molecule has 1 saturated heterocycles. The van der Waals surface area contributed by atoms with Crippen LogP contribution in [0.3, 0.4) is 0 Å². The molecule has 0 radical (unpaired) electrons. The zero-order valence-corrected chi connectivity index (χ0v) is 16.1. The van der Waals surface area contributed by atoms with Gasteiger partial charge in [-0.1, -0.05) is 38.2 Å². The molecule has 1 aromatic carbocycles. The van der Waals surface area contributed by atoms with Gasteiger partial charge in [0, 0.05) is 39.3 Å². The Balaban J connectivity index is 1.16. The Hall–Kier alpha value is -1.95. The van der Waals surface area contributed by atoms with Gasteiger partial charge in [0.2, 0.25) is 6.79 Å². The van der Waals surface area contributed by atoms with E-state index in [9.17, 15) is 4.79 Å². The molecule has 27 heavy (non-hydrogen) atoms. The topological polar surface area (TPSA) is 54.0 Å². The van der Waals surface area contributed by atoms with Crippen molar-refractivity contribution in [3.63, 3.8) is 0 Å². The fraction of sp³-hybridized carbons (Fsp3) is 0.667. The molecule has 2 aliphatic heterocycles. The number of carbonyl (C=O) groups is 1. The second-order valence-electron chi connectivity index (χ2n) is 7.98. The molecule has 0 atom stereocenters. The highest BCUT2D eigenvalue weighted by Gasteiger charge is 2.22. The molecule has 3 aliphatic rings. The number of hydrogen-bond acceptors (Lipinski definition) is 4. The molecule has 2 fully saturated rings. The van der Waals surface area contributed by atoms with Crippen LogP contribution in [0.4, 0.5) is 4.79 Å². The van der Waals surface area contributed by atoms with Crippen molar-refractivity contribution in [2.45, 2.75) is 45.1 Å². The lowest BCUT2D eigenvalue weighted by Gasteiger charge is -2.34. The first kappa shape index (κ1) is 18.4. The smallest absolute Gasteiger partial charge is 0.317 e. The third-order valence-corrected chi connectivity index (χ3v) is 6.06. The predicted molar refractivity (Wildman–Crippen MR) is 104 cm³/mol. The molecule has 1 aromatic rings. The van der Waals surface area contributed by atoms with Crippen LogP contribution >= 0.6 is 0 Å². The number of nitrogens with one attached hydrogen (secondary N) is 1. The molecular weight excluding hydrogens is 342 g/mol. The fourth-order valence-corrected chi connectivity index (χ4v) is 4.38. The van der Waals surface area contributed by atoms with Gasteiger partial charge in [-0.25, -0.2) is 4.79 Å². The summed E-state index contributed by atoms with van der Waals surface area (Å²) in [6.07, 6.45) is 7.94. The Bertz CT molecular complexity index is 638. The lowest BCUT2D eigenvalue weighted by atomic mass is 9.87. The molecule has 2 heterocycles. The zero-order chi connectivity index (χ0) is 18.5. The first-order valence-corrected chi connectivity index (χ1v) is 10.4. The number of benzene rings is 1. The van der Waals surface area contributed by atoms with Gasteiger partial charge in [0.15, 0.2) is 11.5 Å². The molecule has 1 N–H and O–H groups in total. The maximum atomic E-state index is 12.4. The molecule has 4 rings (SSSR count). The highest BCUT2D eigenvalue weighted by molar-refractivity contribution is 5.74. The second kappa shape index (κ2) is 8.83. The minimum atomic E-state index is 0.105. The standard InChI is InChI=1S/C21H31N3O3/c25-21(22-9-8-17-4-2-1-3-5-17)24-12-10-23(11-13-24)15-18-6-7-19-20(14-18)27-16-26-19/h6-7,14,17H,1-5,8-13,15-16H2,(H,22,25). The van der Waals surface area contributed by atoms with Crippen LogP contribution in [0, 0.1) is 5.92 Å². The summed E-state index contributed by atoms with van der Waals surface area (Å²) in [4.78, 5) is 16.7. The molecular formula is C21H31N3O3. The van der Waals surface area contributed by atoms with Crippen molar-refractivity contribution >= 4 is 6.03 Å². The Morgan fingerprint density at radius 1 is 1.04 bits per heavy atom. The van der Waals surface area contributed by atoms with E-state index in [0.29, 0.717) is 6.79 Å². The van der Waals surface area contributed by atoms with E-state index < -0.39 is 0 Å². The molecule has 6 nitrogen and oxygen atoms in total. The maximum Gasteiger partial charge on any atom is 0.317 e. The Labute approximate surface area is 161 Å². The molecule has 0 spiro atoms. The number of amides is 2. The van der Waals surface area contributed by atoms with Crippen LogP contribution in [0.25, 0.3) is 0 Å². The van der Waals surface area contributed by atoms with Crippen LogP contribution in [0.2, 0.25) is 0 Å². The van der Waals surface area contributed by atoms with Crippen LogP contribution in [0.1, 0.15) is 44.1 Å². The monoisotopic (exact) mass is 373 g/mol. The first-order chi connectivity index (χ1) is 13.3. The molecule has 0 aromatic heterocycles. The van der Waals surface area contributed by atoms with Gasteiger partial charge in [0.05, 0.1) is 0 Å². The van der Waals surface area contributed by atoms with E-state index in [-0.39, 0.29) is 6.03 Å². The third kappa shape index (κ3) is 4.86. The first-order valence-electron chi connectivity index (χ1n) is 10.4. The minimum absolute atomic E-state index is 0.105. The van der Waals surface area contributed by atoms with Gasteiger partial charge in [-0.15, -0.1) is 0 Å². The summed E-state index contributed by atoms with van der Waals surface area (Å²) >= 11 is 0. The predicted octanol–water partition coefficient (Wildman–Crippen LogP) is 3.21. The van der Waals surface area contributed by atoms with Gasteiger partial charge in [0.1, 0.15) is 0 Å². The van der Waals surface area contributed by atoms with Gasteiger partial charge in [0.25, 0.3) is 0 Å². The quantitative estimate of drug-likeness (QED) is 0.861. The van der Waals surface area contributed by atoms with Gasteiger partial charge in [-0.3, -0.25) is 4.90 Å². The van der Waals surface area contributed by atoms with E-state index in [0.717, 1.165) is 63.1 Å². The van der Waals surface area contributed by atoms with Crippen molar-refractivity contribution in [1.29, 1.82) is 0 Å². The van der Waals surface area contributed by atoms with Gasteiger partial charge in [-0.2, -0.15) is 0 Å². The fourth-order valence-electron chi connectivity index (χ4n) is 4.38. The average molecular weight is 373 g/mol. The number of urea groups is 1. The van der Waals surface area contributed by atoms with Crippen molar-refractivity contribution in [1.82, 2.24) is 15.1 Å². The second-order valence-corrected chi connectivity index (χ2v) is 7.98. The van der Waals surface area contributed by atoms with Crippen LogP contribution in [-0.2, 0) is 6.54 Å². The van der Waals surface area contributed by atoms with Crippen LogP contribution < -0.4 is 14.8 Å². The molecule has 0 bridgehead atoms. The van der Waals surface area contributed by atoms with Crippen molar-refractivity contribution in [2.24, 2.45) is 5.92 Å². The SMILES string of the molecule is O=C(NCCC1CCCCC1)N1CCN(Cc2ccc3c(c2)OCO3)CC1. The highest BCUT2D eigenvalue weighted by Crippen LogP contribution is 2.32. The lowest BCUT2D eigenvalue weighted by Crippen LogP contribution is -2.51. The van der Waals surface area contributed by atoms with E-state index in [1.807, 2.05) is 11.0 Å². The Kier molecular flexibility index (Phi) is 6.02. The molecule has 6 heteroatoms. The van der Waals surface area contributed by atoms with Gasteiger partial charge >= 0.3 is 6.03 Å². The largest absolute Gasteiger partial charge is 0.454 e. The Morgan fingerprint density at radius 2 is 1.81 bits per heavy atom. The summed E-state index contributed by atoms with van der Waals surface area (Å²) in [6.45, 7) is 5.41. The molecule has 0 unspecified atom stereocenters. The summed E-state index contributed by atoms with van der Waals surface area (Å²) < 4.78 is 10.8. The van der Waals surface area contributed by atoms with Crippen LogP contribution in [0.5, 0.6) is 11.5 Å². The number of carbonyl (C=O) groups excluding carboxylic acids is 1. The number of hydrogen-bond donors (Lipinski definition) is 1. The normalized spacial score (nSPS) is 20.7. The lowest BCUT2D eigenvalue weighted by molar-refractivity contribution is 0.135. The zero-order valence-electron chi connectivity index (χ0n) is 16.1. The summed E-state index contributed by atoms with van der Waals surface area (Å²) in [5.41, 5.74) is 1.23. The molecule has 1 aliphatic carbocycles. The van der Waals surface area contributed by atoms with E-state index in [1.165, 1.54) is 37.7 Å². The van der Waals surface area contributed by atoms with Crippen LogP contribution in [-0.4, -0.2) is 55.3 Å². The van der Waals surface area contributed by atoms with Gasteiger partial charge in [-0.05, 0) is 30.0 Å². The van der Waals surface area contributed by atoms with Crippen molar-refractivity contribution in [3.8, 4) is 11.5 Å². The van der Waals surface area contributed by atoms with Crippen molar-refractivity contribution in [2.75, 3.05) is 39.5 Å². The highest BCUT2D eigenvalue weighted by atomic mass is 16.7. The maximum absolute atomic E-state index is 12.4. The molecule has 148 valence electrons. The van der Waals surface area contributed by atoms with E-state index in [1.54, 1.807) is 0 Å². The summed E-state index contributed by atoms with van der Waals surface area (Å²) in [6, 6.07) is 6.24. The minimum Gasteiger partial charge on any atom is -0.454 e. The molecule has 1 saturated carbocycles. The van der Waals surface area contributed by atoms with Crippen molar-refractivity contribution in [3.05, 3.63) is 23.8 Å². The van der Waals surface area contributed by atoms with Crippen molar-refractivity contribution < 1.29 is 14.3 Å². The third-order valence-electron chi connectivity index (χ3n) is 6.06. The van der Waals surface area contributed by atoms with Gasteiger partial charge < -0.3 is 19.7 Å². The number of fused-ring (bicyclic) bond motifs is 1. The van der Waals surface area contributed by atoms with E-state index >= 15 is 0 Å². The number of piperazine rings is 1. The van der Waals surface area contributed by atoms with Crippen LogP contribution in [0.15, 0.2) is 18.2 Å². The molecule has 2 amide bonds. The number of ether oxygens (including phenoxy) is 2. The number of rotatable bonds is 5. The number of nitrogens with zero attached hydrogens (tertiary/aromatic N) is 2. The van der Waals surface area contributed by atoms with E-state index in [4.69, 9.17) is 9.47 Å². The summed E-state index contributed by atoms with van der Waals surface area (Å²) in [7, 11) is 0. The average Bonchev–Trinajstić information content (AvgIpc) is 3.17.